The molecule has 0 aromatic carbocycles. The highest BCUT2D eigenvalue weighted by atomic mass is 32.1. The molecule has 2 aromatic rings. The standard InChI is InChI=1S/C11H10N2OS/c12-9-3-4-13-7-8(9)6-10(14)11-2-1-5-15-11/h1-5,7H,6H2,(H2,12,13). The summed E-state index contributed by atoms with van der Waals surface area (Å²) in [7, 11) is 0. The summed E-state index contributed by atoms with van der Waals surface area (Å²) >= 11 is 1.45. The Morgan fingerprint density at radius 2 is 2.33 bits per heavy atom. The number of carbonyl (C=O) groups is 1. The van der Waals surface area contributed by atoms with Gasteiger partial charge in [-0.15, -0.1) is 11.3 Å². The highest BCUT2D eigenvalue weighted by Crippen LogP contribution is 2.15. The number of pyridine rings is 1. The van der Waals surface area contributed by atoms with Crippen molar-refractivity contribution in [2.24, 2.45) is 0 Å². The number of Topliss-reactive ketones (excluding diaryl/α,β-unsaturated/α-hetero) is 1. The van der Waals surface area contributed by atoms with Gasteiger partial charge in [-0.05, 0) is 17.5 Å². The van der Waals surface area contributed by atoms with Gasteiger partial charge in [-0.3, -0.25) is 9.78 Å². The second kappa shape index (κ2) is 4.23. The van der Waals surface area contributed by atoms with E-state index >= 15 is 0 Å². The lowest BCUT2D eigenvalue weighted by molar-refractivity contribution is 0.0997. The van der Waals surface area contributed by atoms with E-state index in [0.717, 1.165) is 10.4 Å². The SMILES string of the molecule is Nc1ccncc1CC(=O)c1cccs1. The maximum Gasteiger partial charge on any atom is 0.177 e. The van der Waals surface area contributed by atoms with Gasteiger partial charge in [0.25, 0.3) is 0 Å². The van der Waals surface area contributed by atoms with Gasteiger partial charge in [0.15, 0.2) is 5.78 Å². The minimum atomic E-state index is 0.0877. The van der Waals surface area contributed by atoms with Crippen LogP contribution in [0, 0.1) is 0 Å². The first-order chi connectivity index (χ1) is 7.27. The van der Waals surface area contributed by atoms with E-state index in [4.69, 9.17) is 5.73 Å². The zero-order valence-corrected chi connectivity index (χ0v) is 8.83. The molecule has 0 atom stereocenters. The van der Waals surface area contributed by atoms with Crippen LogP contribution in [0.3, 0.4) is 0 Å². The van der Waals surface area contributed by atoms with Gasteiger partial charge >= 0.3 is 0 Å². The maximum atomic E-state index is 11.8. The fourth-order valence-electron chi connectivity index (χ4n) is 1.28. The van der Waals surface area contributed by atoms with Crippen molar-refractivity contribution in [2.75, 3.05) is 5.73 Å². The molecule has 0 bridgehead atoms. The minimum Gasteiger partial charge on any atom is -0.398 e. The van der Waals surface area contributed by atoms with E-state index in [9.17, 15) is 4.79 Å². The first-order valence-electron chi connectivity index (χ1n) is 4.52. The van der Waals surface area contributed by atoms with E-state index in [1.807, 2.05) is 17.5 Å². The molecule has 0 saturated carbocycles. The molecule has 2 aromatic heterocycles. The van der Waals surface area contributed by atoms with E-state index in [-0.39, 0.29) is 5.78 Å². The Labute approximate surface area is 91.6 Å². The quantitative estimate of drug-likeness (QED) is 0.803. The van der Waals surface area contributed by atoms with E-state index in [1.165, 1.54) is 11.3 Å². The normalized spacial score (nSPS) is 10.1. The van der Waals surface area contributed by atoms with E-state index < -0.39 is 0 Å². The van der Waals surface area contributed by atoms with Gasteiger partial charge in [0.2, 0.25) is 0 Å². The lowest BCUT2D eigenvalue weighted by Gasteiger charge is -2.02. The number of nitrogens with zero attached hydrogens (tertiary/aromatic N) is 1. The smallest absolute Gasteiger partial charge is 0.177 e. The molecule has 76 valence electrons. The number of carbonyl (C=O) groups excluding carboxylic acids is 1. The predicted octanol–water partition coefficient (Wildman–Crippen LogP) is 2.15. The third-order valence-electron chi connectivity index (χ3n) is 2.09. The summed E-state index contributed by atoms with van der Waals surface area (Å²) in [5.74, 6) is 0.0877. The summed E-state index contributed by atoms with van der Waals surface area (Å²) in [5, 5.41) is 1.89. The Hall–Kier alpha value is -1.68. The number of ketones is 1. The summed E-state index contributed by atoms with van der Waals surface area (Å²) in [6, 6.07) is 5.39. The number of thiophene rings is 1. The predicted molar refractivity (Wildman–Crippen MR) is 61.0 cm³/mol. The van der Waals surface area contributed by atoms with Gasteiger partial charge in [0, 0.05) is 30.1 Å². The molecule has 15 heavy (non-hydrogen) atoms. The second-order valence-corrected chi connectivity index (χ2v) is 4.10. The van der Waals surface area contributed by atoms with Crippen LogP contribution in [0.2, 0.25) is 0 Å². The zero-order chi connectivity index (χ0) is 10.7. The molecule has 0 aliphatic heterocycles. The summed E-state index contributed by atoms with van der Waals surface area (Å²) in [6.07, 6.45) is 3.58. The number of nitrogens with two attached hydrogens (primary N) is 1. The zero-order valence-electron chi connectivity index (χ0n) is 8.01. The Bertz CT molecular complexity index is 465. The van der Waals surface area contributed by atoms with Gasteiger partial charge in [-0.25, -0.2) is 0 Å². The van der Waals surface area contributed by atoms with Crippen molar-refractivity contribution in [3.8, 4) is 0 Å². The summed E-state index contributed by atoms with van der Waals surface area (Å²) in [6.45, 7) is 0. The van der Waals surface area contributed by atoms with E-state index in [0.29, 0.717) is 12.1 Å². The van der Waals surface area contributed by atoms with Gasteiger partial charge < -0.3 is 5.73 Å². The highest BCUT2D eigenvalue weighted by molar-refractivity contribution is 7.12. The fraction of sp³-hybridized carbons (Fsp3) is 0.0909. The van der Waals surface area contributed by atoms with Crippen LogP contribution in [0.15, 0.2) is 36.0 Å². The number of anilines is 1. The molecule has 0 aliphatic rings. The number of rotatable bonds is 3. The Morgan fingerprint density at radius 3 is 3.00 bits per heavy atom. The largest absolute Gasteiger partial charge is 0.398 e. The van der Waals surface area contributed by atoms with Crippen molar-refractivity contribution in [2.45, 2.75) is 6.42 Å². The molecule has 2 rings (SSSR count). The molecule has 2 N–H and O–H groups in total. The average Bonchev–Trinajstić information content (AvgIpc) is 2.74. The third-order valence-corrected chi connectivity index (χ3v) is 3.00. The molecule has 3 nitrogen and oxygen atoms in total. The van der Waals surface area contributed by atoms with Crippen molar-refractivity contribution in [3.05, 3.63) is 46.4 Å². The summed E-state index contributed by atoms with van der Waals surface area (Å²) in [4.78, 5) is 16.5. The topological polar surface area (TPSA) is 56.0 Å². The molecule has 0 saturated heterocycles. The fourth-order valence-corrected chi connectivity index (χ4v) is 1.95. The Morgan fingerprint density at radius 1 is 1.47 bits per heavy atom. The summed E-state index contributed by atoms with van der Waals surface area (Å²) in [5.41, 5.74) is 7.14. The van der Waals surface area contributed by atoms with Gasteiger partial charge in [-0.1, -0.05) is 6.07 Å². The van der Waals surface area contributed by atoms with Crippen LogP contribution in [0.5, 0.6) is 0 Å². The van der Waals surface area contributed by atoms with Crippen molar-refractivity contribution in [1.29, 1.82) is 0 Å². The molecule has 4 heteroatoms. The van der Waals surface area contributed by atoms with Crippen LogP contribution >= 0.6 is 11.3 Å². The van der Waals surface area contributed by atoms with Crippen LogP contribution in [-0.2, 0) is 6.42 Å². The molecule has 0 unspecified atom stereocenters. The molecule has 0 radical (unpaired) electrons. The first-order valence-corrected chi connectivity index (χ1v) is 5.40. The van der Waals surface area contributed by atoms with Crippen LogP contribution in [0.4, 0.5) is 5.69 Å². The number of hydrogen-bond donors (Lipinski definition) is 1. The number of aromatic nitrogens is 1. The lowest BCUT2D eigenvalue weighted by atomic mass is 10.1. The Kier molecular flexibility index (Phi) is 2.78. The molecule has 0 amide bonds. The van der Waals surface area contributed by atoms with Crippen LogP contribution in [0.25, 0.3) is 0 Å². The molecular formula is C11H10N2OS. The molecule has 0 spiro atoms. The van der Waals surface area contributed by atoms with Crippen molar-refractivity contribution in [1.82, 2.24) is 4.98 Å². The molecule has 0 fully saturated rings. The van der Waals surface area contributed by atoms with Crippen LogP contribution in [-0.4, -0.2) is 10.8 Å². The average molecular weight is 218 g/mol. The van der Waals surface area contributed by atoms with Crippen LogP contribution < -0.4 is 5.73 Å². The van der Waals surface area contributed by atoms with Gasteiger partial charge in [0.05, 0.1) is 4.88 Å². The van der Waals surface area contributed by atoms with E-state index in [1.54, 1.807) is 18.5 Å². The number of hydrogen-bond acceptors (Lipinski definition) is 4. The lowest BCUT2D eigenvalue weighted by Crippen LogP contribution is -2.04. The second-order valence-electron chi connectivity index (χ2n) is 3.15. The molecule has 0 aliphatic carbocycles. The Balaban J connectivity index is 2.17. The van der Waals surface area contributed by atoms with Gasteiger partial charge in [-0.2, -0.15) is 0 Å². The van der Waals surface area contributed by atoms with E-state index in [2.05, 4.69) is 4.98 Å². The van der Waals surface area contributed by atoms with Crippen molar-refractivity contribution < 1.29 is 4.79 Å². The van der Waals surface area contributed by atoms with Gasteiger partial charge in [0.1, 0.15) is 0 Å². The minimum absolute atomic E-state index is 0.0877. The molecular weight excluding hydrogens is 208 g/mol. The number of nitrogen functional groups attached to an aromatic ring is 1. The summed E-state index contributed by atoms with van der Waals surface area (Å²) < 4.78 is 0. The maximum absolute atomic E-state index is 11.8. The van der Waals surface area contributed by atoms with Crippen molar-refractivity contribution >= 4 is 22.8 Å². The van der Waals surface area contributed by atoms with Crippen molar-refractivity contribution in [3.63, 3.8) is 0 Å². The van der Waals surface area contributed by atoms with Crippen LogP contribution in [0.1, 0.15) is 15.2 Å². The highest BCUT2D eigenvalue weighted by Gasteiger charge is 2.09. The molecule has 2 heterocycles. The third kappa shape index (κ3) is 2.22. The first kappa shape index (κ1) is 9.86. The monoisotopic (exact) mass is 218 g/mol.